The predicted octanol–water partition coefficient (Wildman–Crippen LogP) is 2.92. The van der Waals surface area contributed by atoms with Crippen molar-refractivity contribution in [3.8, 4) is 11.5 Å². The molecule has 1 amide bonds. The second kappa shape index (κ2) is 6.96. The number of nitrogens with one attached hydrogen (secondary N) is 1. The number of pyridine rings is 1. The summed E-state index contributed by atoms with van der Waals surface area (Å²) in [6.07, 6.45) is 1.32. The van der Waals surface area contributed by atoms with E-state index in [0.29, 0.717) is 17.3 Å². The average Bonchev–Trinajstić information content (AvgIpc) is 2.96. The molecule has 1 aromatic carbocycles. The van der Waals surface area contributed by atoms with Gasteiger partial charge in [-0.25, -0.2) is 14.8 Å². The monoisotopic (exact) mass is 337 g/mol. The molecule has 7 nitrogen and oxygen atoms in total. The number of rotatable bonds is 5. The third kappa shape index (κ3) is 3.72. The standard InChI is InChI=1S/C18H15N3O4/c1-11-14(21-17(25-11)12-6-3-2-4-7-12)10-15(22)20-13-8-5-9-19-16(13)18(23)24/h2-9H,10H2,1H3,(H,20,22)(H,23,24). The van der Waals surface area contributed by atoms with Gasteiger partial charge >= 0.3 is 5.97 Å². The second-order valence-corrected chi connectivity index (χ2v) is 5.32. The van der Waals surface area contributed by atoms with Crippen LogP contribution in [0.3, 0.4) is 0 Å². The molecular formula is C18H15N3O4. The number of nitrogens with zero attached hydrogens (tertiary/aromatic N) is 2. The van der Waals surface area contributed by atoms with E-state index in [0.717, 1.165) is 5.56 Å². The second-order valence-electron chi connectivity index (χ2n) is 5.32. The van der Waals surface area contributed by atoms with Gasteiger partial charge in [0.1, 0.15) is 5.76 Å². The summed E-state index contributed by atoms with van der Waals surface area (Å²) in [5.74, 6) is -0.626. The van der Waals surface area contributed by atoms with Crippen molar-refractivity contribution in [1.82, 2.24) is 9.97 Å². The third-order valence-corrected chi connectivity index (χ3v) is 3.53. The number of aryl methyl sites for hydroxylation is 1. The molecule has 2 aromatic heterocycles. The lowest BCUT2D eigenvalue weighted by Crippen LogP contribution is -2.18. The van der Waals surface area contributed by atoms with Crippen LogP contribution in [0.4, 0.5) is 5.69 Å². The van der Waals surface area contributed by atoms with Gasteiger partial charge in [-0.15, -0.1) is 0 Å². The van der Waals surface area contributed by atoms with Crippen LogP contribution in [-0.2, 0) is 11.2 Å². The number of aromatic nitrogens is 2. The largest absolute Gasteiger partial charge is 0.476 e. The van der Waals surface area contributed by atoms with E-state index in [-0.39, 0.29) is 17.8 Å². The Hall–Kier alpha value is -3.48. The Balaban J connectivity index is 1.76. The first kappa shape index (κ1) is 16.4. The lowest BCUT2D eigenvalue weighted by molar-refractivity contribution is -0.115. The Kier molecular flexibility index (Phi) is 4.56. The Morgan fingerprint density at radius 3 is 2.64 bits per heavy atom. The molecule has 0 unspecified atom stereocenters. The smallest absolute Gasteiger partial charge is 0.356 e. The topological polar surface area (TPSA) is 105 Å². The van der Waals surface area contributed by atoms with E-state index in [1.54, 1.807) is 13.0 Å². The summed E-state index contributed by atoms with van der Waals surface area (Å²) in [6.45, 7) is 1.73. The first-order chi connectivity index (χ1) is 12.0. The fourth-order valence-corrected chi connectivity index (χ4v) is 2.32. The van der Waals surface area contributed by atoms with Gasteiger partial charge < -0.3 is 14.8 Å². The molecule has 7 heteroatoms. The van der Waals surface area contributed by atoms with Crippen molar-refractivity contribution in [3.05, 3.63) is 65.8 Å². The summed E-state index contributed by atoms with van der Waals surface area (Å²) in [5.41, 5.74) is 1.25. The quantitative estimate of drug-likeness (QED) is 0.741. The summed E-state index contributed by atoms with van der Waals surface area (Å²) >= 11 is 0. The highest BCUT2D eigenvalue weighted by Gasteiger charge is 2.17. The van der Waals surface area contributed by atoms with Crippen LogP contribution >= 0.6 is 0 Å². The minimum absolute atomic E-state index is 0.0316. The molecular weight excluding hydrogens is 322 g/mol. The molecule has 3 aromatic rings. The van der Waals surface area contributed by atoms with Gasteiger partial charge in [0.2, 0.25) is 11.8 Å². The van der Waals surface area contributed by atoms with Gasteiger partial charge in [-0.1, -0.05) is 18.2 Å². The van der Waals surface area contributed by atoms with Crippen molar-refractivity contribution < 1.29 is 19.1 Å². The third-order valence-electron chi connectivity index (χ3n) is 3.53. The lowest BCUT2D eigenvalue weighted by atomic mass is 10.2. The van der Waals surface area contributed by atoms with Crippen molar-refractivity contribution in [2.24, 2.45) is 0 Å². The molecule has 0 bridgehead atoms. The molecule has 2 N–H and O–H groups in total. The summed E-state index contributed by atoms with van der Waals surface area (Å²) in [7, 11) is 0. The molecule has 25 heavy (non-hydrogen) atoms. The zero-order valence-corrected chi connectivity index (χ0v) is 13.4. The van der Waals surface area contributed by atoms with Gasteiger partial charge in [0, 0.05) is 11.8 Å². The molecule has 0 aliphatic heterocycles. The summed E-state index contributed by atoms with van der Waals surface area (Å²) in [6, 6.07) is 12.4. The number of carbonyl (C=O) groups excluding carboxylic acids is 1. The number of aromatic carboxylic acids is 1. The highest BCUT2D eigenvalue weighted by Crippen LogP contribution is 2.22. The molecule has 3 rings (SSSR count). The molecule has 0 atom stereocenters. The van der Waals surface area contributed by atoms with Gasteiger partial charge in [0.15, 0.2) is 5.69 Å². The van der Waals surface area contributed by atoms with Gasteiger partial charge in [0.05, 0.1) is 17.8 Å². The minimum atomic E-state index is -1.21. The van der Waals surface area contributed by atoms with Crippen LogP contribution in [0.25, 0.3) is 11.5 Å². The van der Waals surface area contributed by atoms with Crippen LogP contribution in [-0.4, -0.2) is 27.0 Å². The lowest BCUT2D eigenvalue weighted by Gasteiger charge is -2.06. The van der Waals surface area contributed by atoms with Gasteiger partial charge in [-0.05, 0) is 31.2 Å². The minimum Gasteiger partial charge on any atom is -0.476 e. The van der Waals surface area contributed by atoms with Crippen LogP contribution in [0.1, 0.15) is 21.9 Å². The average molecular weight is 337 g/mol. The Morgan fingerprint density at radius 2 is 1.92 bits per heavy atom. The number of carbonyl (C=O) groups is 2. The van der Waals surface area contributed by atoms with E-state index >= 15 is 0 Å². The van der Waals surface area contributed by atoms with Crippen LogP contribution in [0.2, 0.25) is 0 Å². The zero-order chi connectivity index (χ0) is 17.8. The van der Waals surface area contributed by atoms with Crippen molar-refractivity contribution >= 4 is 17.6 Å². The van der Waals surface area contributed by atoms with E-state index in [2.05, 4.69) is 15.3 Å². The predicted molar refractivity (Wildman–Crippen MR) is 90.2 cm³/mol. The van der Waals surface area contributed by atoms with Crippen molar-refractivity contribution in [1.29, 1.82) is 0 Å². The van der Waals surface area contributed by atoms with Gasteiger partial charge in [-0.2, -0.15) is 0 Å². The first-order valence-electron chi connectivity index (χ1n) is 7.54. The molecule has 0 aliphatic rings. The summed E-state index contributed by atoms with van der Waals surface area (Å²) in [4.78, 5) is 31.5. The molecule has 0 radical (unpaired) electrons. The maximum absolute atomic E-state index is 12.2. The maximum Gasteiger partial charge on any atom is 0.356 e. The zero-order valence-electron chi connectivity index (χ0n) is 13.4. The number of hydrogen-bond donors (Lipinski definition) is 2. The van der Waals surface area contributed by atoms with Crippen molar-refractivity contribution in [2.75, 3.05) is 5.32 Å². The van der Waals surface area contributed by atoms with Gasteiger partial charge in [0.25, 0.3) is 0 Å². The molecule has 126 valence electrons. The summed E-state index contributed by atoms with van der Waals surface area (Å²) in [5, 5.41) is 11.7. The number of hydrogen-bond acceptors (Lipinski definition) is 5. The summed E-state index contributed by atoms with van der Waals surface area (Å²) < 4.78 is 5.62. The van der Waals surface area contributed by atoms with Crippen molar-refractivity contribution in [2.45, 2.75) is 13.3 Å². The Bertz CT molecular complexity index is 919. The van der Waals surface area contributed by atoms with E-state index in [1.165, 1.54) is 12.3 Å². The number of amides is 1. The molecule has 0 fully saturated rings. The maximum atomic E-state index is 12.2. The normalized spacial score (nSPS) is 10.4. The Morgan fingerprint density at radius 1 is 1.16 bits per heavy atom. The fourth-order valence-electron chi connectivity index (χ4n) is 2.32. The Labute approximate surface area is 143 Å². The van der Waals surface area contributed by atoms with Crippen LogP contribution < -0.4 is 5.32 Å². The fraction of sp³-hybridized carbons (Fsp3) is 0.111. The number of carboxylic acid groups (broad SMARTS) is 1. The SMILES string of the molecule is Cc1oc(-c2ccccc2)nc1CC(=O)Nc1cccnc1C(=O)O. The number of oxazole rings is 1. The molecule has 0 aliphatic carbocycles. The first-order valence-corrected chi connectivity index (χ1v) is 7.54. The number of carboxylic acids is 1. The van der Waals surface area contributed by atoms with Gasteiger partial charge in [-0.3, -0.25) is 4.79 Å². The number of anilines is 1. The number of benzene rings is 1. The molecule has 0 saturated carbocycles. The van der Waals surface area contributed by atoms with Crippen LogP contribution in [0.5, 0.6) is 0 Å². The van der Waals surface area contributed by atoms with Crippen LogP contribution in [0, 0.1) is 6.92 Å². The van der Waals surface area contributed by atoms with Crippen molar-refractivity contribution in [3.63, 3.8) is 0 Å². The van der Waals surface area contributed by atoms with E-state index in [4.69, 9.17) is 9.52 Å². The van der Waals surface area contributed by atoms with E-state index in [1.807, 2.05) is 30.3 Å². The molecule has 0 spiro atoms. The van der Waals surface area contributed by atoms with Crippen LogP contribution in [0.15, 0.2) is 53.1 Å². The highest BCUT2D eigenvalue weighted by atomic mass is 16.4. The molecule has 2 heterocycles. The van der Waals surface area contributed by atoms with E-state index < -0.39 is 11.9 Å². The highest BCUT2D eigenvalue weighted by molar-refractivity contribution is 5.99. The molecule has 0 saturated heterocycles. The van der Waals surface area contributed by atoms with E-state index in [9.17, 15) is 9.59 Å².